The van der Waals surface area contributed by atoms with Crippen LogP contribution in [0.2, 0.25) is 0 Å². The fourth-order valence-electron chi connectivity index (χ4n) is 1.77. The summed E-state index contributed by atoms with van der Waals surface area (Å²) in [5, 5.41) is 9.82. The zero-order valence-corrected chi connectivity index (χ0v) is 10.1. The highest BCUT2D eigenvalue weighted by molar-refractivity contribution is 6.21. The van der Waals surface area contributed by atoms with Crippen LogP contribution in [-0.2, 0) is 0 Å². The highest BCUT2D eigenvalue weighted by atomic mass is 35.5. The summed E-state index contributed by atoms with van der Waals surface area (Å²) in [7, 11) is 0. The SMILES string of the molecule is CC(O)(CCl)CN1C(=O)c2ccccc2C1=O. The standard InChI is InChI=1S/C12H12ClNO3/c1-12(17,6-13)7-14-10(15)8-4-2-3-5-9(8)11(14)16/h2-5,17H,6-7H2,1H3. The molecule has 5 heteroatoms. The first-order valence-corrected chi connectivity index (χ1v) is 5.73. The van der Waals surface area contributed by atoms with Gasteiger partial charge in [0.1, 0.15) is 0 Å². The van der Waals surface area contributed by atoms with Crippen molar-refractivity contribution in [2.75, 3.05) is 12.4 Å². The number of carbonyl (C=O) groups excluding carboxylic acids is 2. The molecule has 0 bridgehead atoms. The Balaban J connectivity index is 2.31. The van der Waals surface area contributed by atoms with Gasteiger partial charge in [0, 0.05) is 0 Å². The number of hydrogen-bond donors (Lipinski definition) is 1. The number of halogens is 1. The average Bonchev–Trinajstić information content (AvgIpc) is 2.55. The van der Waals surface area contributed by atoms with E-state index in [-0.39, 0.29) is 24.2 Å². The maximum atomic E-state index is 12.0. The van der Waals surface area contributed by atoms with Gasteiger partial charge in [-0.15, -0.1) is 11.6 Å². The lowest BCUT2D eigenvalue weighted by atomic mass is 10.1. The van der Waals surface area contributed by atoms with Crippen LogP contribution < -0.4 is 0 Å². The molecular weight excluding hydrogens is 242 g/mol. The molecule has 4 nitrogen and oxygen atoms in total. The first-order valence-electron chi connectivity index (χ1n) is 5.20. The first kappa shape index (κ1) is 12.1. The van der Waals surface area contributed by atoms with Gasteiger partial charge in [0.05, 0.1) is 29.2 Å². The molecule has 1 aliphatic rings. The lowest BCUT2D eigenvalue weighted by Crippen LogP contribution is -2.44. The number of hydrogen-bond acceptors (Lipinski definition) is 3. The second kappa shape index (κ2) is 4.13. The van der Waals surface area contributed by atoms with E-state index in [1.165, 1.54) is 6.92 Å². The van der Waals surface area contributed by atoms with Gasteiger partial charge in [0.15, 0.2) is 0 Å². The Morgan fingerprint density at radius 2 is 1.71 bits per heavy atom. The number of benzene rings is 1. The van der Waals surface area contributed by atoms with E-state index in [0.29, 0.717) is 11.1 Å². The summed E-state index contributed by atoms with van der Waals surface area (Å²) in [6.07, 6.45) is 0. The maximum Gasteiger partial charge on any atom is 0.261 e. The number of alkyl halides is 1. The molecule has 0 aromatic heterocycles. The van der Waals surface area contributed by atoms with Crippen molar-refractivity contribution in [3.05, 3.63) is 35.4 Å². The molecule has 0 saturated carbocycles. The number of aliphatic hydroxyl groups is 1. The van der Waals surface area contributed by atoms with Crippen molar-refractivity contribution in [1.29, 1.82) is 0 Å². The van der Waals surface area contributed by atoms with Crippen LogP contribution in [0.25, 0.3) is 0 Å². The third-order valence-electron chi connectivity index (χ3n) is 2.66. The molecule has 1 aliphatic heterocycles. The minimum absolute atomic E-state index is 0.0413. The van der Waals surface area contributed by atoms with Crippen LogP contribution in [0.5, 0.6) is 0 Å². The molecule has 0 fully saturated rings. The van der Waals surface area contributed by atoms with Gasteiger partial charge in [0.25, 0.3) is 11.8 Å². The predicted molar refractivity (Wildman–Crippen MR) is 63.2 cm³/mol. The lowest BCUT2D eigenvalue weighted by molar-refractivity contribution is 0.0314. The van der Waals surface area contributed by atoms with E-state index in [4.69, 9.17) is 11.6 Å². The number of nitrogens with zero attached hydrogens (tertiary/aromatic N) is 1. The molecular formula is C12H12ClNO3. The Hall–Kier alpha value is -1.39. The number of fused-ring (bicyclic) bond motifs is 1. The summed E-state index contributed by atoms with van der Waals surface area (Å²) >= 11 is 5.58. The molecule has 90 valence electrons. The van der Waals surface area contributed by atoms with Crippen molar-refractivity contribution in [3.8, 4) is 0 Å². The van der Waals surface area contributed by atoms with Crippen LogP contribution in [-0.4, -0.2) is 39.8 Å². The van der Waals surface area contributed by atoms with Crippen LogP contribution in [0.4, 0.5) is 0 Å². The summed E-state index contributed by atoms with van der Waals surface area (Å²) in [6.45, 7) is 1.40. The fourth-order valence-corrected chi connectivity index (χ4v) is 1.85. The highest BCUT2D eigenvalue weighted by Gasteiger charge is 2.38. The van der Waals surface area contributed by atoms with Gasteiger partial charge in [-0.1, -0.05) is 12.1 Å². The van der Waals surface area contributed by atoms with Crippen LogP contribution in [0.15, 0.2) is 24.3 Å². The zero-order valence-electron chi connectivity index (χ0n) is 9.31. The van der Waals surface area contributed by atoms with E-state index >= 15 is 0 Å². The van der Waals surface area contributed by atoms with E-state index in [1.54, 1.807) is 24.3 Å². The molecule has 0 aliphatic carbocycles. The Labute approximate surface area is 104 Å². The number of carbonyl (C=O) groups is 2. The summed E-state index contributed by atoms with van der Waals surface area (Å²) in [6, 6.07) is 6.61. The normalized spacial score (nSPS) is 18.2. The Morgan fingerprint density at radius 3 is 2.12 bits per heavy atom. The number of amides is 2. The molecule has 1 unspecified atom stereocenters. The minimum atomic E-state index is -1.27. The Bertz CT molecular complexity index is 449. The van der Waals surface area contributed by atoms with E-state index in [0.717, 1.165) is 4.90 Å². The molecule has 1 N–H and O–H groups in total. The van der Waals surface area contributed by atoms with Gasteiger partial charge in [-0.25, -0.2) is 0 Å². The molecule has 1 aromatic rings. The zero-order chi connectivity index (χ0) is 12.6. The van der Waals surface area contributed by atoms with E-state index in [1.807, 2.05) is 0 Å². The van der Waals surface area contributed by atoms with Crippen molar-refractivity contribution >= 4 is 23.4 Å². The summed E-state index contributed by atoms with van der Waals surface area (Å²) in [5.41, 5.74) is -0.514. The summed E-state index contributed by atoms with van der Waals surface area (Å²) in [4.78, 5) is 24.9. The highest BCUT2D eigenvalue weighted by Crippen LogP contribution is 2.24. The van der Waals surface area contributed by atoms with Crippen LogP contribution in [0.1, 0.15) is 27.6 Å². The Kier molecular flexibility index (Phi) is 2.93. The molecule has 2 rings (SSSR count). The smallest absolute Gasteiger partial charge is 0.261 e. The summed E-state index contributed by atoms with van der Waals surface area (Å²) < 4.78 is 0. The van der Waals surface area contributed by atoms with Crippen molar-refractivity contribution in [1.82, 2.24) is 4.90 Å². The summed E-state index contributed by atoms with van der Waals surface area (Å²) in [5.74, 6) is -0.799. The monoisotopic (exact) mass is 253 g/mol. The van der Waals surface area contributed by atoms with Crippen LogP contribution >= 0.6 is 11.6 Å². The van der Waals surface area contributed by atoms with Gasteiger partial charge in [-0.2, -0.15) is 0 Å². The predicted octanol–water partition coefficient (Wildman–Crippen LogP) is 1.27. The van der Waals surface area contributed by atoms with Crippen LogP contribution in [0, 0.1) is 0 Å². The molecule has 1 heterocycles. The molecule has 1 aromatic carbocycles. The molecule has 0 saturated heterocycles. The second-order valence-electron chi connectivity index (χ2n) is 4.37. The average molecular weight is 254 g/mol. The fraction of sp³-hybridized carbons (Fsp3) is 0.333. The molecule has 17 heavy (non-hydrogen) atoms. The number of imide groups is 1. The largest absolute Gasteiger partial charge is 0.387 e. The van der Waals surface area contributed by atoms with E-state index in [2.05, 4.69) is 0 Å². The quantitative estimate of drug-likeness (QED) is 0.652. The van der Waals surface area contributed by atoms with E-state index in [9.17, 15) is 14.7 Å². The molecule has 0 spiro atoms. The first-order chi connectivity index (χ1) is 7.96. The van der Waals surface area contributed by atoms with Gasteiger partial charge in [-0.05, 0) is 19.1 Å². The maximum absolute atomic E-state index is 12.0. The number of rotatable bonds is 3. The van der Waals surface area contributed by atoms with Gasteiger partial charge in [0.2, 0.25) is 0 Å². The van der Waals surface area contributed by atoms with Gasteiger partial charge in [-0.3, -0.25) is 14.5 Å². The van der Waals surface area contributed by atoms with Crippen molar-refractivity contribution in [2.24, 2.45) is 0 Å². The van der Waals surface area contributed by atoms with Crippen molar-refractivity contribution < 1.29 is 14.7 Å². The second-order valence-corrected chi connectivity index (χ2v) is 4.64. The third kappa shape index (κ3) is 2.06. The van der Waals surface area contributed by atoms with E-state index < -0.39 is 5.60 Å². The van der Waals surface area contributed by atoms with Gasteiger partial charge < -0.3 is 5.11 Å². The molecule has 2 amide bonds. The Morgan fingerprint density at radius 1 is 1.24 bits per heavy atom. The third-order valence-corrected chi connectivity index (χ3v) is 3.24. The molecule has 0 radical (unpaired) electrons. The number of β-amino-alcohol motifs (C(OH)–C–C–N with tert-alkyl or cyclic N) is 1. The van der Waals surface area contributed by atoms with Crippen molar-refractivity contribution in [3.63, 3.8) is 0 Å². The van der Waals surface area contributed by atoms with Crippen molar-refractivity contribution in [2.45, 2.75) is 12.5 Å². The minimum Gasteiger partial charge on any atom is -0.387 e. The van der Waals surface area contributed by atoms with Gasteiger partial charge >= 0.3 is 0 Å². The van der Waals surface area contributed by atoms with Crippen LogP contribution in [0.3, 0.4) is 0 Å². The molecule has 1 atom stereocenters. The lowest BCUT2D eigenvalue weighted by Gasteiger charge is -2.25. The topological polar surface area (TPSA) is 57.6 Å².